The molecule has 0 aromatic heterocycles. The highest BCUT2D eigenvalue weighted by Crippen LogP contribution is 2.26. The Labute approximate surface area is 117 Å². The summed E-state index contributed by atoms with van der Waals surface area (Å²) in [6, 6.07) is 4.91. The van der Waals surface area contributed by atoms with Crippen LogP contribution in [-0.2, 0) is 14.3 Å². The highest BCUT2D eigenvalue weighted by atomic mass is 16.5. The van der Waals surface area contributed by atoms with Crippen molar-refractivity contribution in [3.05, 3.63) is 42.0 Å². The van der Waals surface area contributed by atoms with Crippen molar-refractivity contribution in [3.63, 3.8) is 0 Å². The van der Waals surface area contributed by atoms with Crippen LogP contribution in [0, 0.1) is 0 Å². The zero-order chi connectivity index (χ0) is 15.1. The molecule has 0 bridgehead atoms. The molecule has 0 spiro atoms. The first-order valence-corrected chi connectivity index (χ1v) is 5.79. The number of carbonyl (C=O) groups excluding carboxylic acids is 2. The van der Waals surface area contributed by atoms with Gasteiger partial charge in [-0.3, -0.25) is 0 Å². The molecule has 0 fully saturated rings. The van der Waals surface area contributed by atoms with E-state index in [2.05, 4.69) is 11.3 Å². The lowest BCUT2D eigenvalue weighted by molar-refractivity contribution is -0.134. The summed E-state index contributed by atoms with van der Waals surface area (Å²) in [5.41, 5.74) is 0.821. The maximum atomic E-state index is 11.6. The Kier molecular flexibility index (Phi) is 5.53. The van der Waals surface area contributed by atoms with E-state index in [0.717, 1.165) is 0 Å². The fourth-order valence-corrected chi connectivity index (χ4v) is 1.28. The maximum Gasteiger partial charge on any atom is 0.338 e. The van der Waals surface area contributed by atoms with Crippen LogP contribution in [0.25, 0.3) is 6.08 Å². The summed E-state index contributed by atoms with van der Waals surface area (Å²) in [6.45, 7) is 5.06. The van der Waals surface area contributed by atoms with Crippen molar-refractivity contribution < 1.29 is 23.8 Å². The topological polar surface area (TPSA) is 61.8 Å². The molecular weight excluding hydrogens is 260 g/mol. The van der Waals surface area contributed by atoms with Crippen molar-refractivity contribution in [2.24, 2.45) is 0 Å². The lowest BCUT2D eigenvalue weighted by atomic mass is 10.1. The molecule has 0 saturated carbocycles. The minimum Gasteiger partial charge on any atom is -0.497 e. The van der Waals surface area contributed by atoms with Crippen LogP contribution in [0.5, 0.6) is 11.5 Å². The van der Waals surface area contributed by atoms with Crippen molar-refractivity contribution in [1.29, 1.82) is 0 Å². The minimum atomic E-state index is -0.550. The Morgan fingerprint density at radius 3 is 2.50 bits per heavy atom. The summed E-state index contributed by atoms with van der Waals surface area (Å²) >= 11 is 0. The Hall–Kier alpha value is -2.56. The van der Waals surface area contributed by atoms with Gasteiger partial charge in [0.25, 0.3) is 0 Å². The van der Waals surface area contributed by atoms with Gasteiger partial charge < -0.3 is 14.2 Å². The first kappa shape index (κ1) is 15.5. The Balaban J connectivity index is 3.09. The van der Waals surface area contributed by atoms with Gasteiger partial charge >= 0.3 is 11.9 Å². The second-order valence-electron chi connectivity index (χ2n) is 3.93. The molecule has 0 amide bonds. The van der Waals surface area contributed by atoms with Gasteiger partial charge in [-0.2, -0.15) is 0 Å². The lowest BCUT2D eigenvalue weighted by Crippen LogP contribution is -2.09. The van der Waals surface area contributed by atoms with Crippen LogP contribution in [-0.4, -0.2) is 26.2 Å². The first-order chi connectivity index (χ1) is 9.47. The van der Waals surface area contributed by atoms with E-state index in [-0.39, 0.29) is 11.3 Å². The molecule has 0 aliphatic rings. The molecule has 1 rings (SSSR count). The van der Waals surface area contributed by atoms with Crippen LogP contribution < -0.4 is 9.47 Å². The predicted molar refractivity (Wildman–Crippen MR) is 74.5 cm³/mol. The molecule has 0 aliphatic carbocycles. The number of rotatable bonds is 5. The van der Waals surface area contributed by atoms with Crippen LogP contribution in [0.1, 0.15) is 12.5 Å². The van der Waals surface area contributed by atoms with Crippen molar-refractivity contribution in [2.45, 2.75) is 6.92 Å². The van der Waals surface area contributed by atoms with Crippen LogP contribution in [0.4, 0.5) is 0 Å². The van der Waals surface area contributed by atoms with Gasteiger partial charge in [-0.05, 0) is 25.1 Å². The van der Waals surface area contributed by atoms with Gasteiger partial charge in [-0.15, -0.1) is 0 Å². The fourth-order valence-electron chi connectivity index (χ4n) is 1.28. The molecule has 0 heterocycles. The Bertz CT molecular complexity index is 557. The first-order valence-electron chi connectivity index (χ1n) is 5.79. The molecule has 0 atom stereocenters. The third-order valence-electron chi connectivity index (χ3n) is 2.37. The summed E-state index contributed by atoms with van der Waals surface area (Å²) in [6.07, 6.45) is 2.73. The fraction of sp³-hybridized carbons (Fsp3) is 0.200. The summed E-state index contributed by atoms with van der Waals surface area (Å²) in [4.78, 5) is 22.7. The Morgan fingerprint density at radius 1 is 1.25 bits per heavy atom. The average Bonchev–Trinajstić information content (AvgIpc) is 2.45. The maximum absolute atomic E-state index is 11.6. The van der Waals surface area contributed by atoms with Crippen LogP contribution >= 0.6 is 0 Å². The van der Waals surface area contributed by atoms with E-state index in [1.54, 1.807) is 25.1 Å². The molecule has 0 aliphatic heterocycles. The highest BCUT2D eigenvalue weighted by Gasteiger charge is 2.10. The zero-order valence-electron chi connectivity index (χ0n) is 11.6. The van der Waals surface area contributed by atoms with E-state index in [0.29, 0.717) is 11.3 Å². The van der Waals surface area contributed by atoms with Gasteiger partial charge in [-0.1, -0.05) is 6.58 Å². The monoisotopic (exact) mass is 276 g/mol. The van der Waals surface area contributed by atoms with Crippen LogP contribution in [0.15, 0.2) is 36.4 Å². The van der Waals surface area contributed by atoms with Crippen molar-refractivity contribution in [1.82, 2.24) is 0 Å². The van der Waals surface area contributed by atoms with E-state index >= 15 is 0 Å². The number of hydrogen-bond acceptors (Lipinski definition) is 5. The normalized spacial score (nSPS) is 10.2. The molecule has 0 unspecified atom stereocenters. The van der Waals surface area contributed by atoms with Gasteiger partial charge in [0.2, 0.25) is 0 Å². The summed E-state index contributed by atoms with van der Waals surface area (Å²) < 4.78 is 14.8. The molecule has 5 nitrogen and oxygen atoms in total. The van der Waals surface area contributed by atoms with E-state index in [4.69, 9.17) is 9.47 Å². The largest absolute Gasteiger partial charge is 0.497 e. The smallest absolute Gasteiger partial charge is 0.338 e. The summed E-state index contributed by atoms with van der Waals surface area (Å²) in [5.74, 6) is -0.244. The third-order valence-corrected chi connectivity index (χ3v) is 2.37. The van der Waals surface area contributed by atoms with E-state index in [9.17, 15) is 9.59 Å². The predicted octanol–water partition coefficient (Wildman–Crippen LogP) is 2.36. The SMILES string of the molecule is C=C(C)C(=O)Oc1cc(OC)ccc1/C=C/C(=O)OC. The molecule has 20 heavy (non-hydrogen) atoms. The van der Waals surface area contributed by atoms with E-state index in [1.807, 2.05) is 0 Å². The number of ether oxygens (including phenoxy) is 3. The lowest BCUT2D eigenvalue weighted by Gasteiger charge is -2.09. The number of methoxy groups -OCH3 is 2. The van der Waals surface area contributed by atoms with Gasteiger partial charge in [0, 0.05) is 23.3 Å². The molecule has 106 valence electrons. The second kappa shape index (κ2) is 7.13. The van der Waals surface area contributed by atoms with Gasteiger partial charge in [-0.25, -0.2) is 9.59 Å². The van der Waals surface area contributed by atoms with Crippen LogP contribution in [0.3, 0.4) is 0 Å². The Morgan fingerprint density at radius 2 is 1.95 bits per heavy atom. The van der Waals surface area contributed by atoms with E-state index in [1.165, 1.54) is 26.4 Å². The highest BCUT2D eigenvalue weighted by molar-refractivity contribution is 5.90. The molecule has 0 radical (unpaired) electrons. The molecule has 1 aromatic carbocycles. The van der Waals surface area contributed by atoms with Crippen LogP contribution in [0.2, 0.25) is 0 Å². The van der Waals surface area contributed by atoms with E-state index < -0.39 is 11.9 Å². The molecular formula is C15H16O5. The molecule has 0 N–H and O–H groups in total. The zero-order valence-corrected chi connectivity index (χ0v) is 11.6. The quantitative estimate of drug-likeness (QED) is 0.469. The van der Waals surface area contributed by atoms with Gasteiger partial charge in [0.15, 0.2) is 0 Å². The van der Waals surface area contributed by atoms with Crippen molar-refractivity contribution in [2.75, 3.05) is 14.2 Å². The van der Waals surface area contributed by atoms with Crippen molar-refractivity contribution >= 4 is 18.0 Å². The molecule has 1 aromatic rings. The molecule has 5 heteroatoms. The third kappa shape index (κ3) is 4.28. The second-order valence-corrected chi connectivity index (χ2v) is 3.93. The molecule has 0 saturated heterocycles. The van der Waals surface area contributed by atoms with Gasteiger partial charge in [0.1, 0.15) is 11.5 Å². The number of hydrogen-bond donors (Lipinski definition) is 0. The standard InChI is InChI=1S/C15H16O5/c1-10(2)15(17)20-13-9-12(18-3)7-5-11(13)6-8-14(16)19-4/h5-9H,1H2,2-4H3/b8-6+. The number of esters is 2. The van der Waals surface area contributed by atoms with Gasteiger partial charge in [0.05, 0.1) is 14.2 Å². The average molecular weight is 276 g/mol. The summed E-state index contributed by atoms with van der Waals surface area (Å²) in [5, 5.41) is 0. The minimum absolute atomic E-state index is 0.274. The summed E-state index contributed by atoms with van der Waals surface area (Å²) in [7, 11) is 2.78. The van der Waals surface area contributed by atoms with Crippen molar-refractivity contribution in [3.8, 4) is 11.5 Å². The number of carbonyl (C=O) groups is 2. The number of benzene rings is 1.